The van der Waals surface area contributed by atoms with Crippen molar-refractivity contribution in [1.82, 2.24) is 4.98 Å². The van der Waals surface area contributed by atoms with Crippen LogP contribution in [0.15, 0.2) is 66.9 Å². The number of benzene rings is 2. The van der Waals surface area contributed by atoms with Crippen LogP contribution in [0.5, 0.6) is 11.5 Å². The van der Waals surface area contributed by atoms with E-state index in [0.29, 0.717) is 22.7 Å². The Labute approximate surface area is 158 Å². The van der Waals surface area contributed by atoms with Gasteiger partial charge >= 0.3 is 0 Å². The lowest BCUT2D eigenvalue weighted by molar-refractivity contribution is 0.102. The molecule has 3 aromatic rings. The maximum atomic E-state index is 12.5. The molecule has 0 saturated heterocycles. The van der Waals surface area contributed by atoms with Gasteiger partial charge in [0.25, 0.3) is 5.91 Å². The van der Waals surface area contributed by atoms with Crippen molar-refractivity contribution in [2.75, 3.05) is 31.5 Å². The third kappa shape index (κ3) is 4.17. The van der Waals surface area contributed by atoms with Crippen molar-refractivity contribution in [3.63, 3.8) is 0 Å². The Morgan fingerprint density at radius 3 is 2.33 bits per heavy atom. The highest BCUT2D eigenvalue weighted by atomic mass is 16.5. The smallest absolute Gasteiger partial charge is 0.257 e. The number of pyridine rings is 1. The van der Waals surface area contributed by atoms with E-state index in [-0.39, 0.29) is 5.91 Å². The monoisotopic (exact) mass is 363 g/mol. The molecule has 0 atom stereocenters. The van der Waals surface area contributed by atoms with Gasteiger partial charge in [-0.15, -0.1) is 0 Å². The summed E-state index contributed by atoms with van der Waals surface area (Å²) >= 11 is 0. The Morgan fingerprint density at radius 1 is 0.963 bits per heavy atom. The average molecular weight is 363 g/mol. The number of hydrogen-bond acceptors (Lipinski definition) is 5. The standard InChI is InChI=1S/C21H21N3O3/c1-24(17-7-5-4-6-8-17)20-12-9-15(14-22-20)21(25)23-16-10-11-18(26-2)19(13-16)27-3/h4-14H,1-3H3,(H,23,25). The summed E-state index contributed by atoms with van der Waals surface area (Å²) in [5.41, 5.74) is 2.10. The van der Waals surface area contributed by atoms with E-state index in [4.69, 9.17) is 9.47 Å². The van der Waals surface area contributed by atoms with Crippen molar-refractivity contribution in [3.8, 4) is 11.5 Å². The highest BCUT2D eigenvalue weighted by molar-refractivity contribution is 6.04. The molecule has 1 amide bonds. The van der Waals surface area contributed by atoms with E-state index in [0.717, 1.165) is 11.5 Å². The highest BCUT2D eigenvalue weighted by Gasteiger charge is 2.11. The molecule has 3 rings (SSSR count). The third-order valence-electron chi connectivity index (χ3n) is 4.14. The lowest BCUT2D eigenvalue weighted by Gasteiger charge is -2.18. The summed E-state index contributed by atoms with van der Waals surface area (Å²) in [6.07, 6.45) is 1.56. The van der Waals surface area contributed by atoms with Crippen molar-refractivity contribution in [2.24, 2.45) is 0 Å². The number of hydrogen-bond donors (Lipinski definition) is 1. The second-order valence-electron chi connectivity index (χ2n) is 5.82. The molecule has 27 heavy (non-hydrogen) atoms. The number of nitrogens with zero attached hydrogens (tertiary/aromatic N) is 2. The molecule has 1 heterocycles. The van der Waals surface area contributed by atoms with Crippen molar-refractivity contribution < 1.29 is 14.3 Å². The first-order valence-electron chi connectivity index (χ1n) is 8.40. The molecule has 1 aromatic heterocycles. The molecule has 0 fully saturated rings. The number of carbonyl (C=O) groups is 1. The summed E-state index contributed by atoms with van der Waals surface area (Å²) in [6, 6.07) is 18.7. The van der Waals surface area contributed by atoms with Crippen LogP contribution in [0.2, 0.25) is 0 Å². The first-order chi connectivity index (χ1) is 13.1. The molecule has 6 heteroatoms. The number of para-hydroxylation sites is 1. The minimum Gasteiger partial charge on any atom is -0.493 e. The van der Waals surface area contributed by atoms with E-state index in [2.05, 4.69) is 10.3 Å². The average Bonchev–Trinajstić information content (AvgIpc) is 2.73. The topological polar surface area (TPSA) is 63.7 Å². The number of amides is 1. The molecule has 0 aliphatic heterocycles. The van der Waals surface area contributed by atoms with Gasteiger partial charge < -0.3 is 19.7 Å². The zero-order valence-electron chi connectivity index (χ0n) is 15.5. The van der Waals surface area contributed by atoms with Crippen molar-refractivity contribution >= 4 is 23.1 Å². The first kappa shape index (κ1) is 18.3. The Kier molecular flexibility index (Phi) is 5.56. The summed E-state index contributed by atoms with van der Waals surface area (Å²) in [5, 5.41) is 2.84. The predicted molar refractivity (Wildman–Crippen MR) is 106 cm³/mol. The first-order valence-corrected chi connectivity index (χ1v) is 8.40. The van der Waals surface area contributed by atoms with Crippen molar-refractivity contribution in [2.45, 2.75) is 0 Å². The quantitative estimate of drug-likeness (QED) is 0.714. The van der Waals surface area contributed by atoms with Gasteiger partial charge in [-0.25, -0.2) is 4.98 Å². The molecule has 0 radical (unpaired) electrons. The van der Waals surface area contributed by atoms with Crippen LogP contribution in [0, 0.1) is 0 Å². The van der Waals surface area contributed by atoms with Crippen molar-refractivity contribution in [3.05, 3.63) is 72.4 Å². The fourth-order valence-corrected chi connectivity index (χ4v) is 2.62. The second-order valence-corrected chi connectivity index (χ2v) is 5.82. The molecule has 0 bridgehead atoms. The largest absolute Gasteiger partial charge is 0.493 e. The lowest BCUT2D eigenvalue weighted by Crippen LogP contribution is -2.14. The van der Waals surface area contributed by atoms with Crippen LogP contribution in [0.1, 0.15) is 10.4 Å². The van der Waals surface area contributed by atoms with Crippen LogP contribution in [0.3, 0.4) is 0 Å². The van der Waals surface area contributed by atoms with Crippen LogP contribution >= 0.6 is 0 Å². The van der Waals surface area contributed by atoms with Crippen LogP contribution in [0.25, 0.3) is 0 Å². The minimum absolute atomic E-state index is 0.247. The van der Waals surface area contributed by atoms with Gasteiger partial charge in [0.1, 0.15) is 5.82 Å². The molecular weight excluding hydrogens is 342 g/mol. The van der Waals surface area contributed by atoms with E-state index in [1.165, 1.54) is 0 Å². The van der Waals surface area contributed by atoms with Gasteiger partial charge in [-0.05, 0) is 36.4 Å². The second kappa shape index (κ2) is 8.23. The van der Waals surface area contributed by atoms with Gasteiger partial charge in [0.05, 0.1) is 19.8 Å². The Bertz CT molecular complexity index is 912. The van der Waals surface area contributed by atoms with Gasteiger partial charge in [-0.2, -0.15) is 0 Å². The van der Waals surface area contributed by atoms with Gasteiger partial charge in [-0.1, -0.05) is 18.2 Å². The maximum absolute atomic E-state index is 12.5. The van der Waals surface area contributed by atoms with Gasteiger partial charge in [0.2, 0.25) is 0 Å². The zero-order valence-corrected chi connectivity index (χ0v) is 15.5. The lowest BCUT2D eigenvalue weighted by atomic mass is 10.2. The summed E-state index contributed by atoms with van der Waals surface area (Å²) in [4.78, 5) is 18.8. The molecule has 1 N–H and O–H groups in total. The number of carbonyl (C=O) groups excluding carboxylic acids is 1. The number of rotatable bonds is 6. The molecular formula is C21H21N3O3. The summed E-state index contributed by atoms with van der Waals surface area (Å²) in [5.74, 6) is 1.66. The molecule has 0 aliphatic carbocycles. The normalized spacial score (nSPS) is 10.2. The minimum atomic E-state index is -0.247. The number of aromatic nitrogens is 1. The molecule has 0 aliphatic rings. The number of ether oxygens (including phenoxy) is 2. The zero-order chi connectivity index (χ0) is 19.2. The van der Waals surface area contributed by atoms with Gasteiger partial charge in [0.15, 0.2) is 11.5 Å². The molecule has 0 saturated carbocycles. The highest BCUT2D eigenvalue weighted by Crippen LogP contribution is 2.30. The van der Waals surface area contributed by atoms with Crippen LogP contribution in [0.4, 0.5) is 17.2 Å². The number of anilines is 3. The van der Waals surface area contributed by atoms with E-state index in [9.17, 15) is 4.79 Å². The van der Waals surface area contributed by atoms with Gasteiger partial charge in [0, 0.05) is 30.7 Å². The summed E-state index contributed by atoms with van der Waals surface area (Å²) in [7, 11) is 5.05. The Morgan fingerprint density at radius 2 is 1.70 bits per heavy atom. The molecule has 6 nitrogen and oxygen atoms in total. The van der Waals surface area contributed by atoms with E-state index in [1.807, 2.05) is 48.3 Å². The fraction of sp³-hybridized carbons (Fsp3) is 0.143. The van der Waals surface area contributed by atoms with Gasteiger partial charge in [-0.3, -0.25) is 4.79 Å². The van der Waals surface area contributed by atoms with Crippen LogP contribution in [-0.2, 0) is 0 Å². The molecule has 0 spiro atoms. The SMILES string of the molecule is COc1ccc(NC(=O)c2ccc(N(C)c3ccccc3)nc2)cc1OC. The molecule has 0 unspecified atom stereocenters. The number of methoxy groups -OCH3 is 2. The molecule has 2 aromatic carbocycles. The molecule has 138 valence electrons. The van der Waals surface area contributed by atoms with Crippen LogP contribution < -0.4 is 19.7 Å². The predicted octanol–water partition coefficient (Wildman–Crippen LogP) is 4.12. The maximum Gasteiger partial charge on any atom is 0.257 e. The van der Waals surface area contributed by atoms with E-state index in [1.54, 1.807) is 44.7 Å². The van der Waals surface area contributed by atoms with Crippen LogP contribution in [-0.4, -0.2) is 32.2 Å². The Balaban J connectivity index is 1.72. The van der Waals surface area contributed by atoms with Crippen molar-refractivity contribution in [1.29, 1.82) is 0 Å². The van der Waals surface area contributed by atoms with E-state index < -0.39 is 0 Å². The Hall–Kier alpha value is -3.54. The summed E-state index contributed by atoms with van der Waals surface area (Å²) < 4.78 is 10.5. The fourth-order valence-electron chi connectivity index (χ4n) is 2.62. The third-order valence-corrected chi connectivity index (χ3v) is 4.14. The van der Waals surface area contributed by atoms with E-state index >= 15 is 0 Å². The summed E-state index contributed by atoms with van der Waals surface area (Å²) in [6.45, 7) is 0. The number of nitrogens with one attached hydrogen (secondary N) is 1.